The van der Waals surface area contributed by atoms with Gasteiger partial charge in [-0.25, -0.2) is 9.50 Å². The monoisotopic (exact) mass is 367 g/mol. The van der Waals surface area contributed by atoms with Gasteiger partial charge in [0, 0.05) is 55.9 Å². The van der Waals surface area contributed by atoms with E-state index in [1.165, 1.54) is 0 Å². The zero-order valence-electron chi connectivity index (χ0n) is 16.0. The highest BCUT2D eigenvalue weighted by atomic mass is 16.5. The van der Waals surface area contributed by atoms with Crippen molar-refractivity contribution in [2.75, 3.05) is 44.1 Å². The van der Waals surface area contributed by atoms with E-state index in [0.717, 1.165) is 60.3 Å². The molecule has 2 aromatic heterocycles. The van der Waals surface area contributed by atoms with Crippen molar-refractivity contribution in [1.82, 2.24) is 14.6 Å². The molecule has 7 heteroatoms. The average Bonchev–Trinajstić information content (AvgIpc) is 3.31. The molecule has 0 aliphatic carbocycles. The van der Waals surface area contributed by atoms with E-state index >= 15 is 0 Å². The van der Waals surface area contributed by atoms with Crippen LogP contribution in [-0.2, 0) is 0 Å². The van der Waals surface area contributed by atoms with Crippen molar-refractivity contribution in [1.29, 1.82) is 0 Å². The molecule has 7 nitrogen and oxygen atoms in total. The number of aromatic nitrogens is 3. The van der Waals surface area contributed by atoms with Crippen LogP contribution in [0.4, 0.5) is 11.5 Å². The number of benzene rings is 1. The van der Waals surface area contributed by atoms with Crippen LogP contribution in [0.5, 0.6) is 11.5 Å². The van der Waals surface area contributed by atoms with Crippen LogP contribution in [0.3, 0.4) is 0 Å². The molecular formula is C20H25N5O2. The Bertz CT molecular complexity index is 917. The number of hydrogen-bond acceptors (Lipinski definition) is 6. The van der Waals surface area contributed by atoms with E-state index < -0.39 is 0 Å². The zero-order valence-corrected chi connectivity index (χ0v) is 16.0. The Labute approximate surface area is 158 Å². The first-order valence-electron chi connectivity index (χ1n) is 9.19. The largest absolute Gasteiger partial charge is 0.497 e. The molecule has 1 N–H and O–H groups in total. The molecule has 1 atom stereocenters. The Hall–Kier alpha value is -2.96. The molecule has 3 heterocycles. The summed E-state index contributed by atoms with van der Waals surface area (Å²) in [6.07, 6.45) is 4.79. The summed E-state index contributed by atoms with van der Waals surface area (Å²) in [5, 5.41) is 7.95. The molecule has 1 saturated heterocycles. The second-order valence-corrected chi connectivity index (χ2v) is 6.94. The Morgan fingerprint density at radius 1 is 1.15 bits per heavy atom. The summed E-state index contributed by atoms with van der Waals surface area (Å²) in [5.74, 6) is 3.07. The smallest absolute Gasteiger partial charge is 0.152 e. The van der Waals surface area contributed by atoms with E-state index in [0.29, 0.717) is 5.92 Å². The standard InChI is InChI=1S/C20H25N5O2/c1-14-8-19-20(21-5-7-25(19)23-14)22-12-15-4-6-24(13-15)16-9-17(26-2)11-18(10-16)27-3/h5,7-11,15H,4,6,12-13H2,1-3H3,(H,21,22). The molecule has 4 rings (SSSR count). The molecular weight excluding hydrogens is 342 g/mol. The lowest BCUT2D eigenvalue weighted by molar-refractivity contribution is 0.394. The number of rotatable bonds is 6. The number of aryl methyl sites for hydroxylation is 1. The summed E-state index contributed by atoms with van der Waals surface area (Å²) in [4.78, 5) is 6.87. The van der Waals surface area contributed by atoms with Crippen LogP contribution in [0.25, 0.3) is 5.52 Å². The summed E-state index contributed by atoms with van der Waals surface area (Å²) >= 11 is 0. The number of methoxy groups -OCH3 is 2. The van der Waals surface area contributed by atoms with Crippen LogP contribution in [0.2, 0.25) is 0 Å². The van der Waals surface area contributed by atoms with Crippen molar-refractivity contribution in [3.8, 4) is 11.5 Å². The Kier molecular flexibility index (Phi) is 4.75. The lowest BCUT2D eigenvalue weighted by Gasteiger charge is -2.20. The third kappa shape index (κ3) is 3.63. The van der Waals surface area contributed by atoms with Crippen molar-refractivity contribution in [2.45, 2.75) is 13.3 Å². The molecule has 0 saturated carbocycles. The van der Waals surface area contributed by atoms with E-state index in [1.54, 1.807) is 20.4 Å². The molecule has 27 heavy (non-hydrogen) atoms. The second-order valence-electron chi connectivity index (χ2n) is 6.94. The predicted octanol–water partition coefficient (Wildman–Crippen LogP) is 2.99. The van der Waals surface area contributed by atoms with Crippen molar-refractivity contribution in [3.05, 3.63) is 42.4 Å². The van der Waals surface area contributed by atoms with Crippen LogP contribution in [-0.4, -0.2) is 48.5 Å². The average molecular weight is 367 g/mol. The first-order valence-corrected chi connectivity index (χ1v) is 9.19. The highest BCUT2D eigenvalue weighted by Crippen LogP contribution is 2.31. The summed E-state index contributed by atoms with van der Waals surface area (Å²) in [7, 11) is 3.36. The molecule has 0 amide bonds. The minimum absolute atomic E-state index is 0.549. The van der Waals surface area contributed by atoms with Crippen molar-refractivity contribution >= 4 is 17.0 Å². The number of fused-ring (bicyclic) bond motifs is 1. The summed E-state index contributed by atoms with van der Waals surface area (Å²) in [6, 6.07) is 8.09. The number of nitrogens with one attached hydrogen (secondary N) is 1. The molecule has 1 fully saturated rings. The van der Waals surface area contributed by atoms with Crippen molar-refractivity contribution in [3.63, 3.8) is 0 Å². The highest BCUT2D eigenvalue weighted by Gasteiger charge is 2.23. The van der Waals surface area contributed by atoms with Crippen LogP contribution in [0.1, 0.15) is 12.1 Å². The van der Waals surface area contributed by atoms with Gasteiger partial charge < -0.3 is 19.7 Å². The summed E-state index contributed by atoms with van der Waals surface area (Å²) < 4.78 is 12.7. The van der Waals surface area contributed by atoms with Gasteiger partial charge in [0.1, 0.15) is 17.0 Å². The van der Waals surface area contributed by atoms with E-state index in [1.807, 2.05) is 23.7 Å². The van der Waals surface area contributed by atoms with Crippen molar-refractivity contribution < 1.29 is 9.47 Å². The summed E-state index contributed by atoms with van der Waals surface area (Å²) in [5.41, 5.74) is 3.15. The highest BCUT2D eigenvalue weighted by molar-refractivity contribution is 5.67. The van der Waals surface area contributed by atoms with E-state index in [-0.39, 0.29) is 0 Å². The molecule has 0 spiro atoms. The molecule has 0 radical (unpaired) electrons. The number of nitrogens with zero attached hydrogens (tertiary/aromatic N) is 4. The van der Waals surface area contributed by atoms with Crippen molar-refractivity contribution in [2.24, 2.45) is 5.92 Å². The maximum absolute atomic E-state index is 5.40. The molecule has 1 unspecified atom stereocenters. The van der Waals surface area contributed by atoms with Crippen LogP contribution in [0, 0.1) is 12.8 Å². The van der Waals surface area contributed by atoms with E-state index in [2.05, 4.69) is 38.5 Å². The third-order valence-corrected chi connectivity index (χ3v) is 5.06. The maximum Gasteiger partial charge on any atom is 0.152 e. The van der Waals surface area contributed by atoms with Gasteiger partial charge in [0.05, 0.1) is 19.9 Å². The Morgan fingerprint density at radius 2 is 1.93 bits per heavy atom. The minimum Gasteiger partial charge on any atom is -0.497 e. The molecule has 1 aliphatic rings. The topological polar surface area (TPSA) is 63.9 Å². The van der Waals surface area contributed by atoms with Gasteiger partial charge in [-0.3, -0.25) is 0 Å². The van der Waals surface area contributed by atoms with Gasteiger partial charge in [0.15, 0.2) is 5.82 Å². The zero-order chi connectivity index (χ0) is 18.8. The first kappa shape index (κ1) is 17.5. The maximum atomic E-state index is 5.40. The molecule has 1 aliphatic heterocycles. The van der Waals surface area contributed by atoms with E-state index in [9.17, 15) is 0 Å². The Morgan fingerprint density at radius 3 is 2.67 bits per heavy atom. The quantitative estimate of drug-likeness (QED) is 0.723. The van der Waals surface area contributed by atoms with Crippen LogP contribution in [0.15, 0.2) is 36.7 Å². The molecule has 142 valence electrons. The fourth-order valence-electron chi connectivity index (χ4n) is 3.63. The second kappa shape index (κ2) is 7.34. The van der Waals surface area contributed by atoms with Gasteiger partial charge >= 0.3 is 0 Å². The lowest BCUT2D eigenvalue weighted by atomic mass is 10.1. The van der Waals surface area contributed by atoms with Gasteiger partial charge in [-0.15, -0.1) is 0 Å². The van der Waals surface area contributed by atoms with Crippen LogP contribution < -0.4 is 19.7 Å². The Balaban J connectivity index is 1.43. The third-order valence-electron chi connectivity index (χ3n) is 5.06. The molecule has 0 bridgehead atoms. The number of anilines is 2. The number of hydrogen-bond donors (Lipinski definition) is 1. The van der Waals surface area contributed by atoms with Gasteiger partial charge in [0.25, 0.3) is 0 Å². The number of ether oxygens (including phenoxy) is 2. The minimum atomic E-state index is 0.549. The van der Waals surface area contributed by atoms with E-state index in [4.69, 9.17) is 9.47 Å². The van der Waals surface area contributed by atoms with Gasteiger partial charge in [-0.05, 0) is 25.3 Å². The summed E-state index contributed by atoms with van der Waals surface area (Å²) in [6.45, 7) is 4.89. The molecule has 1 aromatic carbocycles. The van der Waals surface area contributed by atoms with Gasteiger partial charge in [-0.1, -0.05) is 0 Å². The fraction of sp³-hybridized carbons (Fsp3) is 0.400. The van der Waals surface area contributed by atoms with Crippen LogP contribution >= 0.6 is 0 Å². The fourth-order valence-corrected chi connectivity index (χ4v) is 3.63. The first-order chi connectivity index (χ1) is 13.2. The lowest BCUT2D eigenvalue weighted by Crippen LogP contribution is -2.22. The molecule has 3 aromatic rings. The van der Waals surface area contributed by atoms with Gasteiger partial charge in [-0.2, -0.15) is 5.10 Å². The predicted molar refractivity (Wildman–Crippen MR) is 106 cm³/mol. The SMILES string of the molecule is COc1cc(OC)cc(N2CCC(CNc3nccn4nc(C)cc34)C2)c1. The normalized spacial score (nSPS) is 16.7. The van der Waals surface area contributed by atoms with Gasteiger partial charge in [0.2, 0.25) is 0 Å².